The van der Waals surface area contributed by atoms with Crippen molar-refractivity contribution in [3.05, 3.63) is 74.4 Å². The van der Waals surface area contributed by atoms with Gasteiger partial charge in [0.15, 0.2) is 5.78 Å². The van der Waals surface area contributed by atoms with Crippen LogP contribution in [-0.4, -0.2) is 10.8 Å². The lowest BCUT2D eigenvalue weighted by Crippen LogP contribution is -2.02. The minimum absolute atomic E-state index is 0.0680. The minimum Gasteiger partial charge on any atom is -0.289 e. The molecule has 0 spiro atoms. The van der Waals surface area contributed by atoms with E-state index >= 15 is 0 Å². The zero-order chi connectivity index (χ0) is 14.1. The Balaban J connectivity index is 2.05. The largest absolute Gasteiger partial charge is 0.289 e. The molecule has 0 N–H and O–H groups in total. The third kappa shape index (κ3) is 2.55. The first kappa shape index (κ1) is 13.5. The van der Waals surface area contributed by atoms with Gasteiger partial charge in [0.05, 0.1) is 10.5 Å². The van der Waals surface area contributed by atoms with Crippen molar-refractivity contribution in [2.24, 2.45) is 0 Å². The van der Waals surface area contributed by atoms with Crippen molar-refractivity contribution in [2.75, 3.05) is 0 Å². The second-order valence-corrected chi connectivity index (χ2v) is 5.94. The van der Waals surface area contributed by atoms with Gasteiger partial charge in [-0.1, -0.05) is 29.8 Å². The molecule has 2 aromatic carbocycles. The number of hydrogen-bond donors (Lipinski definition) is 0. The number of para-hydroxylation sites is 1. The summed E-state index contributed by atoms with van der Waals surface area (Å²) in [7, 11) is 0. The van der Waals surface area contributed by atoms with Crippen molar-refractivity contribution in [1.29, 1.82) is 0 Å². The molecular formula is C16H9ClINO. The third-order valence-corrected chi connectivity index (χ3v) is 4.61. The lowest BCUT2D eigenvalue weighted by atomic mass is 10.0. The van der Waals surface area contributed by atoms with Crippen LogP contribution in [0.5, 0.6) is 0 Å². The normalized spacial score (nSPS) is 10.7. The van der Waals surface area contributed by atoms with Gasteiger partial charge >= 0.3 is 0 Å². The molecule has 0 bridgehead atoms. The highest BCUT2D eigenvalue weighted by atomic mass is 127. The van der Waals surface area contributed by atoms with Crippen LogP contribution in [-0.2, 0) is 0 Å². The van der Waals surface area contributed by atoms with Gasteiger partial charge in [-0.2, -0.15) is 0 Å². The first-order valence-corrected chi connectivity index (χ1v) is 7.45. The van der Waals surface area contributed by atoms with Gasteiger partial charge in [0.1, 0.15) is 0 Å². The molecule has 3 aromatic rings. The summed E-state index contributed by atoms with van der Waals surface area (Å²) in [4.78, 5) is 16.8. The van der Waals surface area contributed by atoms with Crippen LogP contribution in [0.15, 0.2) is 54.7 Å². The summed E-state index contributed by atoms with van der Waals surface area (Å²) in [6.45, 7) is 0. The average Bonchev–Trinajstić information content (AvgIpc) is 2.49. The molecule has 0 saturated carbocycles. The Labute approximate surface area is 134 Å². The van der Waals surface area contributed by atoms with Crippen LogP contribution in [0.25, 0.3) is 10.9 Å². The molecule has 0 unspecified atom stereocenters. The van der Waals surface area contributed by atoms with Crippen LogP contribution >= 0.6 is 34.2 Å². The Morgan fingerprint density at radius 1 is 1.05 bits per heavy atom. The Hall–Kier alpha value is -1.46. The van der Waals surface area contributed by atoms with E-state index in [1.165, 1.54) is 0 Å². The standard InChI is InChI=1S/C16H9ClINO/c17-13-8-11(5-6-14(13)18)16(20)12-7-10-3-1-2-4-15(10)19-9-12/h1-9H. The third-order valence-electron chi connectivity index (χ3n) is 3.03. The molecule has 0 fully saturated rings. The molecule has 0 saturated heterocycles. The molecule has 0 radical (unpaired) electrons. The summed E-state index contributed by atoms with van der Waals surface area (Å²) in [6.07, 6.45) is 1.61. The molecular weight excluding hydrogens is 385 g/mol. The van der Waals surface area contributed by atoms with E-state index in [0.29, 0.717) is 16.1 Å². The fourth-order valence-corrected chi connectivity index (χ4v) is 2.52. The minimum atomic E-state index is -0.0680. The van der Waals surface area contributed by atoms with Gasteiger partial charge < -0.3 is 0 Å². The molecule has 0 aliphatic heterocycles. The quantitative estimate of drug-likeness (QED) is 0.466. The molecule has 20 heavy (non-hydrogen) atoms. The fraction of sp³-hybridized carbons (Fsp3) is 0. The smallest absolute Gasteiger partial charge is 0.194 e. The van der Waals surface area contributed by atoms with Crippen LogP contribution in [0, 0.1) is 3.57 Å². The van der Waals surface area contributed by atoms with Crippen LogP contribution in [0.3, 0.4) is 0 Å². The lowest BCUT2D eigenvalue weighted by molar-refractivity contribution is 0.103. The van der Waals surface area contributed by atoms with Gasteiger partial charge in [0.2, 0.25) is 0 Å². The summed E-state index contributed by atoms with van der Waals surface area (Å²) < 4.78 is 0.928. The zero-order valence-corrected chi connectivity index (χ0v) is 13.2. The zero-order valence-electron chi connectivity index (χ0n) is 10.3. The first-order valence-electron chi connectivity index (χ1n) is 6.00. The van der Waals surface area contributed by atoms with E-state index in [1.54, 1.807) is 18.3 Å². The monoisotopic (exact) mass is 393 g/mol. The van der Waals surface area contributed by atoms with E-state index in [0.717, 1.165) is 14.5 Å². The number of pyridine rings is 1. The number of nitrogens with zero attached hydrogens (tertiary/aromatic N) is 1. The number of ketones is 1. The summed E-state index contributed by atoms with van der Waals surface area (Å²) >= 11 is 8.20. The van der Waals surface area contributed by atoms with E-state index in [2.05, 4.69) is 27.6 Å². The van der Waals surface area contributed by atoms with Crippen molar-refractivity contribution in [2.45, 2.75) is 0 Å². The maximum absolute atomic E-state index is 12.5. The van der Waals surface area contributed by atoms with Gasteiger partial charge in [0, 0.05) is 26.3 Å². The average molecular weight is 394 g/mol. The van der Waals surface area contributed by atoms with Gasteiger partial charge in [0.25, 0.3) is 0 Å². The Morgan fingerprint density at radius 3 is 2.65 bits per heavy atom. The highest BCUT2D eigenvalue weighted by Gasteiger charge is 2.11. The number of carbonyl (C=O) groups excluding carboxylic acids is 1. The van der Waals surface area contributed by atoms with Crippen molar-refractivity contribution in [3.63, 3.8) is 0 Å². The number of hydrogen-bond acceptors (Lipinski definition) is 2. The van der Waals surface area contributed by atoms with Crippen LogP contribution in [0.1, 0.15) is 15.9 Å². The SMILES string of the molecule is O=C(c1ccc(I)c(Cl)c1)c1cnc2ccccc2c1. The van der Waals surface area contributed by atoms with Gasteiger partial charge in [-0.15, -0.1) is 0 Å². The van der Waals surface area contributed by atoms with E-state index in [-0.39, 0.29) is 5.78 Å². The molecule has 1 aromatic heterocycles. The van der Waals surface area contributed by atoms with Crippen LogP contribution in [0.2, 0.25) is 5.02 Å². The maximum Gasteiger partial charge on any atom is 0.194 e. The lowest BCUT2D eigenvalue weighted by Gasteiger charge is -2.04. The van der Waals surface area contributed by atoms with Crippen molar-refractivity contribution >= 4 is 50.9 Å². The summed E-state index contributed by atoms with van der Waals surface area (Å²) in [6, 6.07) is 14.9. The summed E-state index contributed by atoms with van der Waals surface area (Å²) in [5, 5.41) is 1.54. The van der Waals surface area contributed by atoms with Gasteiger partial charge in [-0.25, -0.2) is 0 Å². The van der Waals surface area contributed by atoms with Crippen LogP contribution < -0.4 is 0 Å². The van der Waals surface area contributed by atoms with E-state index in [9.17, 15) is 4.79 Å². The molecule has 1 heterocycles. The number of carbonyl (C=O) groups is 1. The molecule has 3 rings (SSSR count). The summed E-state index contributed by atoms with van der Waals surface area (Å²) in [5.41, 5.74) is 2.03. The molecule has 2 nitrogen and oxygen atoms in total. The van der Waals surface area contributed by atoms with Crippen molar-refractivity contribution < 1.29 is 4.79 Å². The number of benzene rings is 2. The molecule has 0 atom stereocenters. The molecule has 0 aliphatic carbocycles. The highest BCUT2D eigenvalue weighted by molar-refractivity contribution is 14.1. The summed E-state index contributed by atoms with van der Waals surface area (Å²) in [5.74, 6) is -0.0680. The molecule has 0 amide bonds. The number of rotatable bonds is 2. The van der Waals surface area contributed by atoms with Gasteiger partial charge in [-0.3, -0.25) is 9.78 Å². The predicted octanol–water partition coefficient (Wildman–Crippen LogP) is 4.72. The van der Waals surface area contributed by atoms with Crippen LogP contribution in [0.4, 0.5) is 0 Å². The molecule has 98 valence electrons. The highest BCUT2D eigenvalue weighted by Crippen LogP contribution is 2.22. The number of fused-ring (bicyclic) bond motifs is 1. The second kappa shape index (κ2) is 5.50. The van der Waals surface area contributed by atoms with Crippen molar-refractivity contribution in [3.8, 4) is 0 Å². The number of halogens is 2. The Kier molecular flexibility index (Phi) is 3.72. The fourth-order valence-electron chi connectivity index (χ4n) is 2.00. The topological polar surface area (TPSA) is 30.0 Å². The van der Waals surface area contributed by atoms with E-state index in [4.69, 9.17) is 11.6 Å². The molecule has 4 heteroatoms. The van der Waals surface area contributed by atoms with E-state index in [1.807, 2.05) is 36.4 Å². The van der Waals surface area contributed by atoms with Crippen molar-refractivity contribution in [1.82, 2.24) is 4.98 Å². The number of aromatic nitrogens is 1. The second-order valence-electron chi connectivity index (χ2n) is 4.37. The maximum atomic E-state index is 12.5. The Morgan fingerprint density at radius 2 is 1.85 bits per heavy atom. The Bertz CT molecular complexity index is 816. The first-order chi connectivity index (χ1) is 9.65. The van der Waals surface area contributed by atoms with Gasteiger partial charge in [-0.05, 0) is 52.9 Å². The predicted molar refractivity (Wildman–Crippen MR) is 89.3 cm³/mol. The molecule has 0 aliphatic rings. The van der Waals surface area contributed by atoms with E-state index < -0.39 is 0 Å².